The zero-order valence-electron chi connectivity index (χ0n) is 7.21. The highest BCUT2D eigenvalue weighted by atomic mass is 32.2. The lowest BCUT2D eigenvalue weighted by Gasteiger charge is -2.03. The van der Waals surface area contributed by atoms with E-state index >= 15 is 0 Å². The molecule has 2 rings (SSSR count). The van der Waals surface area contributed by atoms with Gasteiger partial charge in [0.2, 0.25) is 0 Å². The van der Waals surface area contributed by atoms with Crippen molar-refractivity contribution in [2.24, 2.45) is 0 Å². The predicted molar refractivity (Wildman–Crippen MR) is 55.4 cm³/mol. The lowest BCUT2D eigenvalue weighted by molar-refractivity contribution is 1.47. The molecule has 0 atom stereocenters. The Balaban J connectivity index is 1.89. The summed E-state index contributed by atoms with van der Waals surface area (Å²) in [7, 11) is 0. The van der Waals surface area contributed by atoms with Crippen LogP contribution in [0.2, 0.25) is 0 Å². The highest BCUT2D eigenvalue weighted by Crippen LogP contribution is 2.34. The van der Waals surface area contributed by atoms with Gasteiger partial charge in [-0.05, 0) is 43.8 Å². The summed E-state index contributed by atoms with van der Waals surface area (Å²) in [6.07, 6.45) is 2.76. The minimum Gasteiger partial charge on any atom is -0.330 e. The molecule has 0 spiro atoms. The first-order chi connectivity index (χ1) is 5.84. The normalized spacial score (nSPS) is 16.1. The van der Waals surface area contributed by atoms with Crippen LogP contribution in [0.4, 0.5) is 5.69 Å². The number of aryl methyl sites for hydroxylation is 1. The molecule has 0 heterocycles. The SMILES string of the molecule is Cc1ccc(NSC2CC2)cc1. The molecule has 0 saturated heterocycles. The van der Waals surface area contributed by atoms with Crippen LogP contribution < -0.4 is 4.72 Å². The van der Waals surface area contributed by atoms with Gasteiger partial charge in [0.15, 0.2) is 0 Å². The second-order valence-corrected chi connectivity index (χ2v) is 4.39. The molecule has 0 aromatic heterocycles. The van der Waals surface area contributed by atoms with Crippen molar-refractivity contribution in [3.05, 3.63) is 29.8 Å². The van der Waals surface area contributed by atoms with E-state index in [4.69, 9.17) is 0 Å². The second-order valence-electron chi connectivity index (χ2n) is 3.29. The summed E-state index contributed by atoms with van der Waals surface area (Å²) < 4.78 is 3.35. The Hall–Kier alpha value is -0.630. The van der Waals surface area contributed by atoms with E-state index in [1.54, 1.807) is 0 Å². The van der Waals surface area contributed by atoms with E-state index in [0.29, 0.717) is 0 Å². The van der Waals surface area contributed by atoms with Crippen molar-refractivity contribution in [2.45, 2.75) is 25.0 Å². The zero-order chi connectivity index (χ0) is 8.39. The first-order valence-electron chi connectivity index (χ1n) is 4.33. The number of anilines is 1. The molecule has 1 N–H and O–H groups in total. The molecule has 2 heteroatoms. The summed E-state index contributed by atoms with van der Waals surface area (Å²) in [6, 6.07) is 8.53. The summed E-state index contributed by atoms with van der Waals surface area (Å²) in [4.78, 5) is 0. The maximum atomic E-state index is 3.35. The molecule has 12 heavy (non-hydrogen) atoms. The summed E-state index contributed by atoms with van der Waals surface area (Å²) in [6.45, 7) is 2.11. The molecule has 64 valence electrons. The standard InChI is InChI=1S/C10H13NS/c1-8-2-4-9(5-3-8)11-12-10-6-7-10/h2-5,10-11H,6-7H2,1H3. The summed E-state index contributed by atoms with van der Waals surface area (Å²) >= 11 is 1.85. The van der Waals surface area contributed by atoms with Crippen LogP contribution in [0.1, 0.15) is 18.4 Å². The van der Waals surface area contributed by atoms with E-state index in [9.17, 15) is 0 Å². The van der Waals surface area contributed by atoms with Gasteiger partial charge in [-0.1, -0.05) is 17.7 Å². The number of nitrogens with one attached hydrogen (secondary N) is 1. The van der Waals surface area contributed by atoms with Crippen LogP contribution in [0.5, 0.6) is 0 Å². The molecule has 1 aliphatic rings. The van der Waals surface area contributed by atoms with Crippen LogP contribution in [0.15, 0.2) is 24.3 Å². The van der Waals surface area contributed by atoms with Crippen molar-refractivity contribution in [3.63, 3.8) is 0 Å². The Kier molecular flexibility index (Phi) is 2.26. The van der Waals surface area contributed by atoms with E-state index in [0.717, 1.165) is 5.25 Å². The molecule has 0 radical (unpaired) electrons. The Morgan fingerprint density at radius 1 is 1.25 bits per heavy atom. The first kappa shape index (κ1) is 7.99. The second kappa shape index (κ2) is 3.40. The lowest BCUT2D eigenvalue weighted by atomic mass is 10.2. The largest absolute Gasteiger partial charge is 0.330 e. The Bertz CT molecular complexity index is 251. The van der Waals surface area contributed by atoms with E-state index in [2.05, 4.69) is 35.9 Å². The van der Waals surface area contributed by atoms with Crippen molar-refractivity contribution in [1.82, 2.24) is 0 Å². The van der Waals surface area contributed by atoms with E-state index in [1.807, 2.05) is 11.9 Å². The number of hydrogen-bond donors (Lipinski definition) is 1. The van der Waals surface area contributed by atoms with Crippen molar-refractivity contribution < 1.29 is 0 Å². The Morgan fingerprint density at radius 3 is 2.50 bits per heavy atom. The number of hydrogen-bond acceptors (Lipinski definition) is 2. The third-order valence-corrected chi connectivity index (χ3v) is 3.08. The number of rotatable bonds is 3. The molecular weight excluding hydrogens is 166 g/mol. The van der Waals surface area contributed by atoms with E-state index in [1.165, 1.54) is 24.1 Å². The number of benzene rings is 1. The average Bonchev–Trinajstić information content (AvgIpc) is 2.87. The molecule has 1 aromatic carbocycles. The Labute approximate surface area is 77.7 Å². The fourth-order valence-corrected chi connectivity index (χ4v) is 1.77. The molecule has 0 aliphatic heterocycles. The first-order valence-corrected chi connectivity index (χ1v) is 5.21. The van der Waals surface area contributed by atoms with Crippen LogP contribution in [-0.4, -0.2) is 5.25 Å². The summed E-state index contributed by atoms with van der Waals surface area (Å²) in [5.41, 5.74) is 2.54. The van der Waals surface area contributed by atoms with Gasteiger partial charge < -0.3 is 4.72 Å². The molecule has 1 aliphatic carbocycles. The fourth-order valence-electron chi connectivity index (χ4n) is 0.959. The van der Waals surface area contributed by atoms with Crippen molar-refractivity contribution in [3.8, 4) is 0 Å². The minimum atomic E-state index is 0.867. The minimum absolute atomic E-state index is 0.867. The van der Waals surface area contributed by atoms with Crippen LogP contribution in [0.3, 0.4) is 0 Å². The summed E-state index contributed by atoms with van der Waals surface area (Å²) in [5, 5.41) is 0.867. The van der Waals surface area contributed by atoms with Gasteiger partial charge in [-0.25, -0.2) is 0 Å². The molecule has 0 unspecified atom stereocenters. The third-order valence-electron chi connectivity index (χ3n) is 1.92. The highest BCUT2D eigenvalue weighted by Gasteiger charge is 2.21. The van der Waals surface area contributed by atoms with Gasteiger partial charge in [0.1, 0.15) is 0 Å². The quantitative estimate of drug-likeness (QED) is 0.715. The molecule has 0 bridgehead atoms. The van der Waals surface area contributed by atoms with Crippen molar-refractivity contribution in [2.75, 3.05) is 4.72 Å². The topological polar surface area (TPSA) is 12.0 Å². The van der Waals surface area contributed by atoms with Gasteiger partial charge >= 0.3 is 0 Å². The smallest absolute Gasteiger partial charge is 0.0440 e. The van der Waals surface area contributed by atoms with Crippen molar-refractivity contribution in [1.29, 1.82) is 0 Å². The van der Waals surface area contributed by atoms with Gasteiger partial charge in [0.25, 0.3) is 0 Å². The zero-order valence-corrected chi connectivity index (χ0v) is 8.03. The monoisotopic (exact) mass is 179 g/mol. The molecule has 1 aromatic rings. The van der Waals surface area contributed by atoms with Crippen molar-refractivity contribution >= 4 is 17.6 Å². The molecular formula is C10H13NS. The van der Waals surface area contributed by atoms with Crippen LogP contribution in [-0.2, 0) is 0 Å². The third kappa shape index (κ3) is 2.18. The predicted octanol–water partition coefficient (Wildman–Crippen LogP) is 3.22. The van der Waals surface area contributed by atoms with Crippen LogP contribution in [0.25, 0.3) is 0 Å². The van der Waals surface area contributed by atoms with Gasteiger partial charge in [-0.15, -0.1) is 0 Å². The van der Waals surface area contributed by atoms with Crippen LogP contribution in [0, 0.1) is 6.92 Å². The summed E-state index contributed by atoms with van der Waals surface area (Å²) in [5.74, 6) is 0. The molecule has 1 nitrogen and oxygen atoms in total. The fraction of sp³-hybridized carbons (Fsp3) is 0.400. The lowest BCUT2D eigenvalue weighted by Crippen LogP contribution is -1.87. The van der Waals surface area contributed by atoms with Gasteiger partial charge in [0, 0.05) is 10.9 Å². The van der Waals surface area contributed by atoms with Crippen LogP contribution >= 0.6 is 11.9 Å². The maximum Gasteiger partial charge on any atom is 0.0440 e. The molecule has 1 saturated carbocycles. The van der Waals surface area contributed by atoms with E-state index < -0.39 is 0 Å². The average molecular weight is 179 g/mol. The van der Waals surface area contributed by atoms with Gasteiger partial charge in [-0.2, -0.15) is 0 Å². The van der Waals surface area contributed by atoms with Gasteiger partial charge in [0.05, 0.1) is 0 Å². The molecule has 0 amide bonds. The molecule has 1 fully saturated rings. The van der Waals surface area contributed by atoms with E-state index in [-0.39, 0.29) is 0 Å². The highest BCUT2D eigenvalue weighted by molar-refractivity contribution is 8.01. The van der Waals surface area contributed by atoms with Gasteiger partial charge in [-0.3, -0.25) is 0 Å². The maximum absolute atomic E-state index is 3.35. The Morgan fingerprint density at radius 2 is 1.92 bits per heavy atom.